The Morgan fingerprint density at radius 2 is 1.85 bits per heavy atom. The average molecular weight is 643 g/mol. The van der Waals surface area contributed by atoms with Crippen molar-refractivity contribution in [2.45, 2.75) is 58.2 Å². The van der Waals surface area contributed by atoms with Crippen molar-refractivity contribution in [3.05, 3.63) is 81.7 Å². The Hall–Kier alpha value is -5.44. The van der Waals surface area contributed by atoms with Crippen LogP contribution in [-0.2, 0) is 16.1 Å². The molecule has 0 unspecified atom stereocenters. The van der Waals surface area contributed by atoms with Gasteiger partial charge in [-0.15, -0.1) is 11.3 Å². The summed E-state index contributed by atoms with van der Waals surface area (Å²) in [5.41, 5.74) is -0.231. The zero-order chi connectivity index (χ0) is 32.6. The molecule has 3 N–H and O–H groups in total. The number of carbonyl (C=O) groups is 3. The number of benzene rings is 1. The van der Waals surface area contributed by atoms with E-state index in [4.69, 9.17) is 9.26 Å². The smallest absolute Gasteiger partial charge is 0.413 e. The molecule has 1 aromatic carbocycles. The third-order valence-corrected chi connectivity index (χ3v) is 8.27. The summed E-state index contributed by atoms with van der Waals surface area (Å²) < 4.78 is 12.5. The minimum absolute atomic E-state index is 0.0329. The molecule has 6 rings (SSSR count). The topological polar surface area (TPSA) is 183 Å². The number of amides is 3. The molecule has 2 atom stereocenters. The van der Waals surface area contributed by atoms with Gasteiger partial charge in [-0.1, -0.05) is 12.1 Å². The molecule has 0 aliphatic carbocycles. The van der Waals surface area contributed by atoms with Crippen molar-refractivity contribution in [3.63, 3.8) is 0 Å². The Balaban J connectivity index is 1.13. The summed E-state index contributed by atoms with van der Waals surface area (Å²) in [4.78, 5) is 65.5. The minimum atomic E-state index is -0.795. The van der Waals surface area contributed by atoms with Crippen molar-refractivity contribution in [1.82, 2.24) is 30.0 Å². The summed E-state index contributed by atoms with van der Waals surface area (Å²) in [7, 11) is 0. The quantitative estimate of drug-likeness (QED) is 0.221. The average Bonchev–Trinajstić information content (AvgIpc) is 3.76. The fourth-order valence-electron chi connectivity index (χ4n) is 5.11. The fourth-order valence-corrected chi connectivity index (χ4v) is 6.12. The van der Waals surface area contributed by atoms with Gasteiger partial charge >= 0.3 is 6.09 Å². The molecule has 0 bridgehead atoms. The van der Waals surface area contributed by atoms with E-state index in [0.29, 0.717) is 35.1 Å². The molecule has 46 heavy (non-hydrogen) atoms. The molecule has 15 heteroatoms. The van der Waals surface area contributed by atoms with Gasteiger partial charge in [0, 0.05) is 38.2 Å². The number of rotatable bonds is 7. The molecular formula is C31H30N8O6S. The predicted molar refractivity (Wildman–Crippen MR) is 170 cm³/mol. The number of hydrogen-bond donors (Lipinski definition) is 3. The number of thiophene rings is 1. The van der Waals surface area contributed by atoms with Crippen molar-refractivity contribution >= 4 is 50.8 Å². The third-order valence-electron chi connectivity index (χ3n) is 7.18. The second-order valence-corrected chi connectivity index (χ2v) is 13.0. The van der Waals surface area contributed by atoms with Gasteiger partial charge in [0.2, 0.25) is 5.91 Å². The van der Waals surface area contributed by atoms with Crippen LogP contribution in [0.25, 0.3) is 21.5 Å². The summed E-state index contributed by atoms with van der Waals surface area (Å²) >= 11 is 1.45. The van der Waals surface area contributed by atoms with Crippen LogP contribution in [0.4, 0.5) is 16.3 Å². The lowest BCUT2D eigenvalue weighted by Gasteiger charge is -2.19. The summed E-state index contributed by atoms with van der Waals surface area (Å²) in [6, 6.07) is 9.33. The molecule has 0 saturated carbocycles. The van der Waals surface area contributed by atoms with Crippen LogP contribution in [0, 0.1) is 0 Å². The standard InChI is InChI=1S/C31H30N8O6S/c1-16-9-22(27(41)34-13-20-10-19-12-32-24(11-23(19)46-20)38-30(43)44-31(2,3)4)39-25(16)33-14-21(29(39)42)37-26(40)17-5-7-18(8-6-17)28-35-15-36-45-28/h5-8,10-12,14-16,22H,9,13H2,1-4H3,(H,34,41)(H,37,40)(H,32,38,43)/t16-,22+/m1/s1. The first-order valence-corrected chi connectivity index (χ1v) is 15.2. The predicted octanol–water partition coefficient (Wildman–Crippen LogP) is 4.87. The second kappa shape index (κ2) is 12.2. The zero-order valence-corrected chi connectivity index (χ0v) is 26.2. The van der Waals surface area contributed by atoms with E-state index in [1.54, 1.807) is 57.3 Å². The maximum Gasteiger partial charge on any atom is 0.413 e. The van der Waals surface area contributed by atoms with Gasteiger partial charge in [0.05, 0.1) is 12.7 Å². The van der Waals surface area contributed by atoms with Gasteiger partial charge in [0.1, 0.15) is 29.0 Å². The maximum absolute atomic E-state index is 13.5. The Kier molecular flexibility index (Phi) is 8.08. The first-order valence-electron chi connectivity index (χ1n) is 14.4. The summed E-state index contributed by atoms with van der Waals surface area (Å²) in [6.07, 6.45) is 4.04. The largest absolute Gasteiger partial charge is 0.444 e. The number of anilines is 2. The molecule has 1 aliphatic rings. The summed E-state index contributed by atoms with van der Waals surface area (Å²) in [5, 5.41) is 12.6. The van der Waals surface area contributed by atoms with E-state index in [-0.39, 0.29) is 24.1 Å². The summed E-state index contributed by atoms with van der Waals surface area (Å²) in [5.74, 6) is 0.162. The Morgan fingerprint density at radius 1 is 1.07 bits per heavy atom. The number of pyridine rings is 1. The van der Waals surface area contributed by atoms with E-state index < -0.39 is 29.2 Å². The van der Waals surface area contributed by atoms with Gasteiger partial charge in [-0.3, -0.25) is 24.3 Å². The number of nitrogens with zero attached hydrogens (tertiary/aromatic N) is 5. The van der Waals surface area contributed by atoms with Crippen molar-refractivity contribution in [1.29, 1.82) is 0 Å². The van der Waals surface area contributed by atoms with Crippen molar-refractivity contribution in [2.24, 2.45) is 0 Å². The van der Waals surface area contributed by atoms with Gasteiger partial charge in [-0.05, 0) is 63.6 Å². The molecule has 3 amide bonds. The molecule has 236 valence electrons. The molecule has 1 aliphatic heterocycles. The van der Waals surface area contributed by atoms with E-state index in [1.807, 2.05) is 13.0 Å². The Morgan fingerprint density at radius 3 is 2.57 bits per heavy atom. The number of hydrogen-bond acceptors (Lipinski definition) is 11. The van der Waals surface area contributed by atoms with Crippen LogP contribution in [-0.4, -0.2) is 48.2 Å². The number of ether oxygens (including phenoxy) is 1. The molecule has 4 aromatic heterocycles. The molecule has 5 heterocycles. The van der Waals surface area contributed by atoms with Crippen LogP contribution in [0.15, 0.2) is 64.4 Å². The van der Waals surface area contributed by atoms with Crippen molar-refractivity contribution in [2.75, 3.05) is 10.6 Å². The highest BCUT2D eigenvalue weighted by Crippen LogP contribution is 2.34. The van der Waals surface area contributed by atoms with Crippen LogP contribution in [0.3, 0.4) is 0 Å². The lowest BCUT2D eigenvalue weighted by atomic mass is 10.1. The molecule has 0 saturated heterocycles. The van der Waals surface area contributed by atoms with Crippen LogP contribution >= 0.6 is 11.3 Å². The van der Waals surface area contributed by atoms with Gasteiger partial charge in [-0.25, -0.2) is 14.8 Å². The number of fused-ring (bicyclic) bond motifs is 2. The van der Waals surface area contributed by atoms with Crippen molar-refractivity contribution in [3.8, 4) is 11.5 Å². The SMILES string of the molecule is C[C@@H]1C[C@@H](C(=O)NCc2cc3cnc(NC(=O)OC(C)(C)C)cc3s2)n2c1ncc(NC(=O)c1ccc(-c3ncno3)cc1)c2=O. The molecule has 0 spiro atoms. The van der Waals surface area contributed by atoms with Crippen molar-refractivity contribution < 1.29 is 23.6 Å². The monoisotopic (exact) mass is 642 g/mol. The van der Waals surface area contributed by atoms with E-state index in [2.05, 4.69) is 36.1 Å². The van der Waals surface area contributed by atoms with E-state index >= 15 is 0 Å². The van der Waals surface area contributed by atoms with Gasteiger partial charge in [0.25, 0.3) is 17.4 Å². The van der Waals surface area contributed by atoms with Crippen LogP contribution in [0.2, 0.25) is 0 Å². The number of carbonyl (C=O) groups excluding carboxylic acids is 3. The minimum Gasteiger partial charge on any atom is -0.444 e. The van der Waals surface area contributed by atoms with Crippen LogP contribution in [0.1, 0.15) is 67.1 Å². The Bertz CT molecular complexity index is 2000. The second-order valence-electron chi connectivity index (χ2n) is 11.8. The zero-order valence-electron chi connectivity index (χ0n) is 25.4. The molecule has 5 aromatic rings. The van der Waals surface area contributed by atoms with Gasteiger partial charge in [0.15, 0.2) is 6.33 Å². The Labute approximate surface area is 266 Å². The normalized spacial score (nSPS) is 15.7. The first kappa shape index (κ1) is 30.6. The fraction of sp³-hybridized carbons (Fsp3) is 0.290. The lowest BCUT2D eigenvalue weighted by molar-refractivity contribution is -0.124. The van der Waals surface area contributed by atoms with E-state index in [1.165, 1.54) is 28.4 Å². The molecular weight excluding hydrogens is 612 g/mol. The van der Waals surface area contributed by atoms with Crippen LogP contribution < -0.4 is 21.5 Å². The third kappa shape index (κ3) is 6.49. The highest BCUT2D eigenvalue weighted by Gasteiger charge is 2.36. The molecule has 14 nitrogen and oxygen atoms in total. The first-order chi connectivity index (χ1) is 21.9. The number of nitrogens with one attached hydrogen (secondary N) is 3. The molecule has 0 fully saturated rings. The number of aromatic nitrogens is 5. The van der Waals surface area contributed by atoms with E-state index in [0.717, 1.165) is 15.0 Å². The van der Waals surface area contributed by atoms with Crippen LogP contribution in [0.5, 0.6) is 0 Å². The maximum atomic E-state index is 13.5. The highest BCUT2D eigenvalue weighted by molar-refractivity contribution is 7.19. The highest BCUT2D eigenvalue weighted by atomic mass is 32.1. The van der Waals surface area contributed by atoms with Gasteiger partial charge < -0.3 is 19.9 Å². The lowest BCUT2D eigenvalue weighted by Crippen LogP contribution is -2.36. The summed E-state index contributed by atoms with van der Waals surface area (Å²) in [6.45, 7) is 7.46. The molecule has 0 radical (unpaired) electrons. The van der Waals surface area contributed by atoms with E-state index in [9.17, 15) is 19.2 Å². The van der Waals surface area contributed by atoms with Gasteiger partial charge in [-0.2, -0.15) is 4.98 Å².